The second kappa shape index (κ2) is 9.87. The average Bonchev–Trinajstić information content (AvgIpc) is 3.58. The Morgan fingerprint density at radius 3 is 1.56 bits per heavy atom. The van der Waals surface area contributed by atoms with E-state index in [2.05, 4.69) is 121 Å². The van der Waals surface area contributed by atoms with Crippen LogP contribution in [0.3, 0.4) is 0 Å². The highest BCUT2D eigenvalue weighted by molar-refractivity contribution is 9.11. The highest BCUT2D eigenvalue weighted by Gasteiger charge is 2.48. The van der Waals surface area contributed by atoms with Crippen LogP contribution in [0.4, 0.5) is 0 Å². The zero-order chi connectivity index (χ0) is 26.3. The number of rotatable bonds is 2. The molecule has 7 heteroatoms. The van der Waals surface area contributed by atoms with Crippen molar-refractivity contribution in [3.05, 3.63) is 76.1 Å². The Bertz CT molecular complexity index is 1420. The molecule has 0 aromatic carbocycles. The number of fused-ring (bicyclic) bond motifs is 3. The predicted molar refractivity (Wildman–Crippen MR) is 178 cm³/mol. The lowest BCUT2D eigenvalue weighted by molar-refractivity contribution is 0.994. The van der Waals surface area contributed by atoms with Crippen LogP contribution in [0.2, 0.25) is 13.1 Å². The number of hydrogen-bond donors (Lipinski definition) is 0. The lowest BCUT2D eigenvalue weighted by Gasteiger charge is -2.37. The lowest BCUT2D eigenvalue weighted by Crippen LogP contribution is -2.41. The molecule has 0 N–H and O–H groups in total. The molecule has 2 atom stereocenters. The molecule has 6 rings (SSSR count). The molecule has 3 aromatic heterocycles. The molecular weight excluding hydrogens is 712 g/mol. The van der Waals surface area contributed by atoms with Gasteiger partial charge in [-0.05, 0) is 107 Å². The van der Waals surface area contributed by atoms with Crippen molar-refractivity contribution in [3.8, 4) is 0 Å². The third kappa shape index (κ3) is 4.37. The van der Waals surface area contributed by atoms with E-state index in [1.807, 2.05) is 34.0 Å². The summed E-state index contributed by atoms with van der Waals surface area (Å²) in [5, 5.41) is 0. The SMILES string of the molecule is CC1=Cc2c(sc(C)c2Br)C1[Si](C)(C)C1C(C)=Cc2c1sc(C)c2Br.CC1=Cc2sc(C)c(Br)c2C1. The molecule has 0 saturated heterocycles. The standard InChI is InChI=1S/C20H22Br2S2Si.C9H9BrS/c1-9-7-13-15(21)11(3)23-17(13)19(9)25(5,6)20-10(2)8-14-16(22)12(4)24-18(14)20;1-5-3-7-8(4-5)11-6(2)9(7)10/h7-8,19-20H,1-6H3;4H,3H2,1-2H3. The Morgan fingerprint density at radius 2 is 1.11 bits per heavy atom. The maximum atomic E-state index is 3.82. The minimum atomic E-state index is -1.64. The molecular formula is C29H31Br3S3Si. The Morgan fingerprint density at radius 1 is 0.667 bits per heavy atom. The molecule has 190 valence electrons. The van der Waals surface area contributed by atoms with E-state index in [-0.39, 0.29) is 0 Å². The Balaban J connectivity index is 0.000000202. The van der Waals surface area contributed by atoms with Gasteiger partial charge < -0.3 is 0 Å². The van der Waals surface area contributed by atoms with E-state index in [1.54, 1.807) is 20.9 Å². The summed E-state index contributed by atoms with van der Waals surface area (Å²) in [6.07, 6.45) is 8.30. The van der Waals surface area contributed by atoms with Crippen LogP contribution in [0.15, 0.2) is 30.1 Å². The summed E-state index contributed by atoms with van der Waals surface area (Å²) in [5.74, 6) is 0. The second-order valence-corrected chi connectivity index (χ2v) is 21.9. The highest BCUT2D eigenvalue weighted by atomic mass is 79.9. The fourth-order valence-electron chi connectivity index (χ4n) is 6.30. The second-order valence-electron chi connectivity index (χ2n) is 10.9. The third-order valence-corrected chi connectivity index (χ3v) is 20.0. The first-order chi connectivity index (χ1) is 16.8. The molecule has 0 nitrogen and oxygen atoms in total. The maximum Gasteiger partial charge on any atom is 0.0743 e. The molecule has 0 aliphatic heterocycles. The van der Waals surface area contributed by atoms with E-state index >= 15 is 0 Å². The van der Waals surface area contributed by atoms with Gasteiger partial charge in [-0.15, -0.1) is 34.0 Å². The first-order valence-corrected chi connectivity index (χ1v) is 20.2. The summed E-state index contributed by atoms with van der Waals surface area (Å²) >= 11 is 17.1. The fraction of sp³-hybridized carbons (Fsp3) is 0.379. The van der Waals surface area contributed by atoms with Gasteiger partial charge in [0, 0.05) is 64.9 Å². The van der Waals surface area contributed by atoms with Crippen LogP contribution in [0.5, 0.6) is 0 Å². The van der Waals surface area contributed by atoms with Crippen molar-refractivity contribution in [2.24, 2.45) is 0 Å². The van der Waals surface area contributed by atoms with E-state index in [4.69, 9.17) is 0 Å². The van der Waals surface area contributed by atoms with Crippen LogP contribution >= 0.6 is 81.8 Å². The summed E-state index contributed by atoms with van der Waals surface area (Å²) in [6.45, 7) is 18.7. The van der Waals surface area contributed by atoms with Gasteiger partial charge in [-0.3, -0.25) is 0 Å². The molecule has 0 spiro atoms. The van der Waals surface area contributed by atoms with Crippen LogP contribution in [0.1, 0.15) is 77.8 Å². The fourth-order valence-corrected chi connectivity index (χ4v) is 18.4. The van der Waals surface area contributed by atoms with Gasteiger partial charge in [-0.25, -0.2) is 0 Å². The summed E-state index contributed by atoms with van der Waals surface area (Å²) < 4.78 is 3.95. The first-order valence-electron chi connectivity index (χ1n) is 12.2. The zero-order valence-electron chi connectivity index (χ0n) is 22.0. The minimum absolute atomic E-state index is 0.623. The van der Waals surface area contributed by atoms with Crippen LogP contribution in [-0.4, -0.2) is 8.07 Å². The van der Waals surface area contributed by atoms with Gasteiger partial charge in [0.15, 0.2) is 0 Å². The zero-order valence-corrected chi connectivity index (χ0v) is 30.2. The third-order valence-electron chi connectivity index (χ3n) is 7.78. The Kier molecular flexibility index (Phi) is 7.55. The molecule has 0 radical (unpaired) electrons. The predicted octanol–water partition coefficient (Wildman–Crippen LogP) is 12.2. The summed E-state index contributed by atoms with van der Waals surface area (Å²) in [5.41, 5.74) is 10.2. The van der Waals surface area contributed by atoms with Gasteiger partial charge in [0.25, 0.3) is 0 Å². The van der Waals surface area contributed by atoms with Gasteiger partial charge in [-0.2, -0.15) is 0 Å². The summed E-state index contributed by atoms with van der Waals surface area (Å²) in [4.78, 5) is 8.89. The van der Waals surface area contributed by atoms with Crippen molar-refractivity contribution >= 4 is 108 Å². The molecule has 36 heavy (non-hydrogen) atoms. The molecule has 3 aliphatic rings. The van der Waals surface area contributed by atoms with E-state index < -0.39 is 8.07 Å². The Hall–Kier alpha value is -0.0231. The number of allylic oxidation sites excluding steroid dienone is 3. The minimum Gasteiger partial charge on any atom is -0.144 e. The van der Waals surface area contributed by atoms with Gasteiger partial charge >= 0.3 is 0 Å². The average molecular weight is 744 g/mol. The lowest BCUT2D eigenvalue weighted by atomic mass is 10.2. The topological polar surface area (TPSA) is 0 Å². The van der Waals surface area contributed by atoms with Crippen molar-refractivity contribution in [1.29, 1.82) is 0 Å². The molecule has 0 saturated carbocycles. The van der Waals surface area contributed by atoms with Crippen LogP contribution in [0.25, 0.3) is 18.2 Å². The quantitative estimate of drug-likeness (QED) is 0.229. The van der Waals surface area contributed by atoms with Gasteiger partial charge in [-0.1, -0.05) is 42.0 Å². The molecule has 3 aromatic rings. The largest absolute Gasteiger partial charge is 0.144 e. The van der Waals surface area contributed by atoms with E-state index in [0.717, 1.165) is 6.42 Å². The summed E-state index contributed by atoms with van der Waals surface area (Å²) in [6, 6.07) is 0. The van der Waals surface area contributed by atoms with Crippen LogP contribution in [-0.2, 0) is 6.42 Å². The molecule has 0 amide bonds. The number of aryl methyl sites for hydroxylation is 3. The van der Waals surface area contributed by atoms with Gasteiger partial charge in [0.1, 0.15) is 0 Å². The van der Waals surface area contributed by atoms with E-state index in [9.17, 15) is 0 Å². The molecule has 0 fully saturated rings. The monoisotopic (exact) mass is 740 g/mol. The van der Waals surface area contributed by atoms with Crippen molar-refractivity contribution in [1.82, 2.24) is 0 Å². The number of halogens is 3. The molecule has 0 bridgehead atoms. The van der Waals surface area contributed by atoms with Crippen molar-refractivity contribution < 1.29 is 0 Å². The summed E-state index contributed by atoms with van der Waals surface area (Å²) in [7, 11) is -1.64. The molecule has 3 heterocycles. The molecule has 3 aliphatic carbocycles. The first kappa shape index (κ1) is 27.5. The van der Waals surface area contributed by atoms with E-state index in [0.29, 0.717) is 11.1 Å². The normalized spacial score (nSPS) is 19.9. The van der Waals surface area contributed by atoms with E-state index in [1.165, 1.54) is 55.2 Å². The highest BCUT2D eigenvalue weighted by Crippen LogP contribution is 2.57. The maximum absolute atomic E-state index is 3.82. The van der Waals surface area contributed by atoms with Crippen LogP contribution in [0, 0.1) is 20.8 Å². The number of thiophene rings is 3. The number of hydrogen-bond acceptors (Lipinski definition) is 3. The van der Waals surface area contributed by atoms with Crippen LogP contribution < -0.4 is 0 Å². The van der Waals surface area contributed by atoms with Crippen molar-refractivity contribution in [3.63, 3.8) is 0 Å². The van der Waals surface area contributed by atoms with Crippen molar-refractivity contribution in [2.75, 3.05) is 0 Å². The smallest absolute Gasteiger partial charge is 0.0743 e. The van der Waals surface area contributed by atoms with Gasteiger partial charge in [0.2, 0.25) is 0 Å². The molecule has 2 unspecified atom stereocenters. The Labute approximate surface area is 254 Å². The van der Waals surface area contributed by atoms with Gasteiger partial charge in [0.05, 0.1) is 8.07 Å². The van der Waals surface area contributed by atoms with Crippen molar-refractivity contribution in [2.45, 2.75) is 72.1 Å².